The van der Waals surface area contributed by atoms with Crippen LogP contribution in [0.1, 0.15) is 41.0 Å². The number of hydrogen-bond acceptors (Lipinski definition) is 48. The highest BCUT2D eigenvalue weighted by Gasteiger charge is 2.62. The Bertz CT molecular complexity index is 3340. The summed E-state index contributed by atoms with van der Waals surface area (Å²) in [5.74, 6) is -9.61. The lowest BCUT2D eigenvalue weighted by Crippen LogP contribution is -2.70. The van der Waals surface area contributed by atoms with Crippen LogP contribution in [0.15, 0.2) is 0 Å². The molecule has 9 rings (SSSR count). The van der Waals surface area contributed by atoms with Crippen LogP contribution < -0.4 is 26.6 Å². The van der Waals surface area contributed by atoms with E-state index in [1.54, 1.807) is 0 Å². The first-order valence-corrected chi connectivity index (χ1v) is 38.2. The molecule has 0 aromatic heterocycles. The number of amides is 5. The molecule has 9 saturated heterocycles. The SMILES string of the molecule is CC(=O)NC1C(O)OC(CO)C(OC2OC(CO)C(OC3OC(COC4OC(CO)C(O)C(O)C4OC4OC(CO)C(OC5OC(COC6(C(=O)O)CC(O)C(NC(C)=O)C(C(O)C(O)CO)O6)C(O)C(O)C5O)C(O)C4NC(C)=O)C(O)C(OC4OC(CO)C(O)C(O)C4OC4OC(CO)C(O)C(O)C4NC(C)=O)C3O)C(O)C2NC(C)=O)C1O. The van der Waals surface area contributed by atoms with Crippen LogP contribution in [-0.4, -0.2) is 509 Å². The number of carbonyl (C=O) groups is 6. The van der Waals surface area contributed by atoms with Crippen molar-refractivity contribution in [3.05, 3.63) is 0 Å². The molecule has 9 aliphatic rings. The van der Waals surface area contributed by atoms with Crippen molar-refractivity contribution in [1.29, 1.82) is 0 Å². The van der Waals surface area contributed by atoms with Gasteiger partial charge in [-0.05, 0) is 0 Å². The second-order valence-electron chi connectivity index (χ2n) is 30.4. The number of carbonyl (C=O) groups excluding carboxylic acids is 5. The summed E-state index contributed by atoms with van der Waals surface area (Å²) in [7, 11) is 0. The van der Waals surface area contributed by atoms with Gasteiger partial charge in [0.1, 0.15) is 213 Å². The molecule has 0 bridgehead atoms. The minimum absolute atomic E-state index is 0.795. The monoisotopic (exact) mass is 1770 g/mol. The van der Waals surface area contributed by atoms with Crippen LogP contribution in [-0.2, 0) is 109 Å². The fourth-order valence-electron chi connectivity index (χ4n) is 15.4. The van der Waals surface area contributed by atoms with Crippen molar-refractivity contribution >= 4 is 35.5 Å². The van der Waals surface area contributed by atoms with E-state index in [0.29, 0.717) is 0 Å². The number of ether oxygens (including phenoxy) is 17. The third-order valence-corrected chi connectivity index (χ3v) is 21.7. The van der Waals surface area contributed by atoms with Gasteiger partial charge in [0.2, 0.25) is 29.5 Å². The van der Waals surface area contributed by atoms with Gasteiger partial charge in [0.25, 0.3) is 5.79 Å². The van der Waals surface area contributed by atoms with Gasteiger partial charge in [0.15, 0.2) is 50.3 Å². The van der Waals surface area contributed by atoms with E-state index in [2.05, 4.69) is 26.6 Å². The van der Waals surface area contributed by atoms with E-state index in [1.165, 1.54) is 0 Å². The van der Waals surface area contributed by atoms with Crippen LogP contribution in [0.4, 0.5) is 0 Å². The molecule has 0 spiro atoms. The van der Waals surface area contributed by atoms with E-state index >= 15 is 0 Å². The molecule has 0 aliphatic carbocycles. The van der Waals surface area contributed by atoms with Gasteiger partial charge >= 0.3 is 5.97 Å². The summed E-state index contributed by atoms with van der Waals surface area (Å²) in [6, 6.07) is -9.11. The van der Waals surface area contributed by atoms with E-state index in [4.69, 9.17) is 80.5 Å². The Kier molecular flexibility index (Phi) is 35.7. The lowest BCUT2D eigenvalue weighted by Gasteiger charge is -2.51. The molecule has 9 aliphatic heterocycles. The van der Waals surface area contributed by atoms with Crippen molar-refractivity contribution < 1.29 is 242 Å². The molecule has 0 radical (unpaired) electrons. The zero-order valence-electron chi connectivity index (χ0n) is 65.1. The zero-order valence-corrected chi connectivity index (χ0v) is 65.1. The van der Waals surface area contributed by atoms with Gasteiger partial charge in [0, 0.05) is 41.0 Å². The number of aliphatic hydroxyl groups is 25. The van der Waals surface area contributed by atoms with E-state index in [1.807, 2.05) is 0 Å². The highest BCUT2D eigenvalue weighted by atomic mass is 16.8. The first-order chi connectivity index (χ1) is 57.0. The molecular formula is C67H111N5O49. The topological polar surface area (TPSA) is 845 Å². The molecule has 9 heterocycles. The molecule has 5 amide bonds. The Hall–Kier alpha value is -4.86. The molecule has 46 unspecified atom stereocenters. The molecule has 698 valence electrons. The predicted octanol–water partition coefficient (Wildman–Crippen LogP) is -20.7. The molecule has 54 nitrogen and oxygen atoms in total. The summed E-state index contributed by atoms with van der Waals surface area (Å²) in [5, 5.41) is 301. The molecule has 54 heteroatoms. The minimum atomic E-state index is -3.08. The zero-order chi connectivity index (χ0) is 89.6. The molecular weight excluding hydrogens is 1660 g/mol. The quantitative estimate of drug-likeness (QED) is 0.0290. The Morgan fingerprint density at radius 1 is 0.339 bits per heavy atom. The Balaban J connectivity index is 1.01. The van der Waals surface area contributed by atoms with Crippen LogP contribution >= 0.6 is 0 Å². The summed E-state index contributed by atoms with van der Waals surface area (Å²) in [4.78, 5) is 75.9. The van der Waals surface area contributed by atoms with Crippen LogP contribution in [0.5, 0.6) is 0 Å². The second kappa shape index (κ2) is 43.3. The molecule has 0 aromatic rings. The van der Waals surface area contributed by atoms with Gasteiger partial charge < -0.3 is 240 Å². The summed E-state index contributed by atoms with van der Waals surface area (Å²) in [5.41, 5.74) is 0. The maximum absolute atomic E-state index is 13.1. The molecule has 46 atom stereocenters. The summed E-state index contributed by atoms with van der Waals surface area (Å²) >= 11 is 0. The van der Waals surface area contributed by atoms with Gasteiger partial charge in [-0.15, -0.1) is 0 Å². The van der Waals surface area contributed by atoms with Gasteiger partial charge in [-0.25, -0.2) is 4.79 Å². The van der Waals surface area contributed by atoms with Crippen molar-refractivity contribution in [1.82, 2.24) is 26.6 Å². The number of carboxylic acid groups (broad SMARTS) is 1. The summed E-state index contributed by atoms with van der Waals surface area (Å²) < 4.78 is 101. The largest absolute Gasteiger partial charge is 0.477 e. The number of rotatable bonds is 33. The molecule has 0 aromatic carbocycles. The lowest BCUT2D eigenvalue weighted by atomic mass is 9.88. The number of nitrogens with one attached hydrogen (secondary N) is 5. The van der Waals surface area contributed by atoms with Crippen molar-refractivity contribution in [3.8, 4) is 0 Å². The highest BCUT2D eigenvalue weighted by molar-refractivity contribution is 5.77. The lowest BCUT2D eigenvalue weighted by molar-refractivity contribution is -0.396. The maximum Gasteiger partial charge on any atom is 0.364 e. The van der Waals surface area contributed by atoms with Gasteiger partial charge in [-0.2, -0.15) is 0 Å². The van der Waals surface area contributed by atoms with Gasteiger partial charge in [0.05, 0.1) is 71.6 Å². The number of aliphatic hydroxyl groups excluding tert-OH is 25. The fraction of sp³-hybridized carbons (Fsp3) is 0.910. The number of aliphatic carboxylic acids is 1. The average molecular weight is 1770 g/mol. The molecule has 9 fully saturated rings. The first-order valence-electron chi connectivity index (χ1n) is 38.2. The van der Waals surface area contributed by atoms with Crippen LogP contribution in [0.2, 0.25) is 0 Å². The Labute approximate surface area is 684 Å². The van der Waals surface area contributed by atoms with Crippen LogP contribution in [0, 0.1) is 0 Å². The first kappa shape index (κ1) is 99.9. The Morgan fingerprint density at radius 3 is 1.12 bits per heavy atom. The standard InChI is InChI=1S/C67H111N5O49/c1-16(80)68-31-21(85)6-67(66(103)104,121-54(31)36(87)22(86)7-73)106-15-30-40(91)46(97)49(100)62(114-30)116-52-27(12-78)112-61(35(45(52)96)72-20(5)84)119-56-47(98)38(89)24(9-75)109-64(56)105-14-29-41(92)55(118-65-57(48(99)39(90)25(10-76)110-65)120-59-33(70-18(3)82)42(93)37(88)23(8-74)108-59)50(101)63(113-29)117-53-28(13-79)111-60(34(44(53)95)71-19(4)83)115-51-26(11-77)107-58(102)32(43(51)94)69-17(2)81/h21-65,73-79,85-102H,6-15H2,1-5H3,(H,68,80)(H,69,81)(H,70,82)(H,71,83)(H,72,84)(H,103,104). The van der Waals surface area contributed by atoms with E-state index in [-0.39, 0.29) is 0 Å². The fourth-order valence-corrected chi connectivity index (χ4v) is 15.4. The number of hydrogen-bond donors (Lipinski definition) is 31. The third kappa shape index (κ3) is 22.5. The molecule has 31 N–H and O–H groups in total. The normalized spacial score (nSPS) is 46.6. The maximum atomic E-state index is 13.1. The highest BCUT2D eigenvalue weighted by Crippen LogP contribution is 2.41. The average Bonchev–Trinajstić information content (AvgIpc) is 0.769. The molecule has 0 saturated carbocycles. The van der Waals surface area contributed by atoms with Crippen molar-refractivity contribution in [2.24, 2.45) is 0 Å². The predicted molar refractivity (Wildman–Crippen MR) is 372 cm³/mol. The van der Waals surface area contributed by atoms with Crippen molar-refractivity contribution in [2.75, 3.05) is 59.5 Å². The Morgan fingerprint density at radius 2 is 0.678 bits per heavy atom. The summed E-state index contributed by atoms with van der Waals surface area (Å²) in [6.07, 6.45) is -87.1. The summed E-state index contributed by atoms with van der Waals surface area (Å²) in [6.45, 7) is -5.64. The van der Waals surface area contributed by atoms with E-state index in [9.17, 15) is 162 Å². The van der Waals surface area contributed by atoms with E-state index in [0.717, 1.165) is 34.6 Å². The van der Waals surface area contributed by atoms with Crippen molar-refractivity contribution in [3.63, 3.8) is 0 Å². The van der Waals surface area contributed by atoms with E-state index < -0.39 is 383 Å². The third-order valence-electron chi connectivity index (χ3n) is 21.7. The molecule has 121 heavy (non-hydrogen) atoms. The van der Waals surface area contributed by atoms with Gasteiger partial charge in [-0.3, -0.25) is 24.0 Å². The van der Waals surface area contributed by atoms with Gasteiger partial charge in [-0.1, -0.05) is 0 Å². The van der Waals surface area contributed by atoms with Crippen LogP contribution in [0.3, 0.4) is 0 Å². The van der Waals surface area contributed by atoms with Crippen LogP contribution in [0.25, 0.3) is 0 Å². The van der Waals surface area contributed by atoms with Crippen molar-refractivity contribution in [2.45, 2.75) is 323 Å². The smallest absolute Gasteiger partial charge is 0.364 e. The number of carboxylic acids is 1. The second-order valence-corrected chi connectivity index (χ2v) is 30.4. The minimum Gasteiger partial charge on any atom is -0.477 e.